The number of alkyl halides is 2. The van der Waals surface area contributed by atoms with Gasteiger partial charge in [-0.1, -0.05) is 6.07 Å². The van der Waals surface area contributed by atoms with Crippen molar-refractivity contribution in [3.05, 3.63) is 36.4 Å². The number of fused-ring (bicyclic) bond motifs is 1. The topological polar surface area (TPSA) is 55.4 Å². The second-order valence-electron chi connectivity index (χ2n) is 4.39. The smallest absolute Gasteiger partial charge is 0.395 e. The van der Waals surface area contributed by atoms with Gasteiger partial charge in [-0.05, 0) is 31.2 Å². The van der Waals surface area contributed by atoms with Crippen molar-refractivity contribution in [3.63, 3.8) is 0 Å². The van der Waals surface area contributed by atoms with Gasteiger partial charge in [-0.15, -0.1) is 8.78 Å². The summed E-state index contributed by atoms with van der Waals surface area (Å²) in [7, 11) is 0. The number of anilines is 3. The molecule has 1 aliphatic rings. The van der Waals surface area contributed by atoms with Crippen molar-refractivity contribution in [1.29, 1.82) is 0 Å². The van der Waals surface area contributed by atoms with Crippen LogP contribution in [-0.2, 0) is 0 Å². The molecule has 0 atom stereocenters. The van der Waals surface area contributed by atoms with Crippen LogP contribution in [0.15, 0.2) is 36.4 Å². The molecular weight excluding hydrogens is 280 g/mol. The van der Waals surface area contributed by atoms with Gasteiger partial charge in [-0.2, -0.15) is 0 Å². The van der Waals surface area contributed by atoms with Crippen LogP contribution in [0.1, 0.15) is 6.92 Å². The van der Waals surface area contributed by atoms with Crippen molar-refractivity contribution in [2.75, 3.05) is 17.2 Å². The van der Waals surface area contributed by atoms with Gasteiger partial charge < -0.3 is 20.1 Å². The minimum Gasteiger partial charge on any atom is -0.395 e. The molecule has 2 N–H and O–H groups in total. The summed E-state index contributed by atoms with van der Waals surface area (Å²) in [6.07, 6.45) is -3.61. The van der Waals surface area contributed by atoms with Gasteiger partial charge in [0.2, 0.25) is 0 Å². The predicted molar refractivity (Wildman–Crippen MR) is 74.3 cm³/mol. The number of rotatable bonds is 4. The van der Waals surface area contributed by atoms with Crippen molar-refractivity contribution in [3.8, 4) is 11.5 Å². The molecule has 110 valence electrons. The van der Waals surface area contributed by atoms with E-state index in [9.17, 15) is 8.78 Å². The van der Waals surface area contributed by atoms with Gasteiger partial charge in [0.25, 0.3) is 0 Å². The van der Waals surface area contributed by atoms with Crippen molar-refractivity contribution >= 4 is 17.3 Å². The minimum atomic E-state index is -3.61. The van der Waals surface area contributed by atoms with E-state index in [0.717, 1.165) is 12.4 Å². The number of benzene rings is 1. The van der Waals surface area contributed by atoms with Gasteiger partial charge in [0, 0.05) is 18.3 Å². The lowest BCUT2D eigenvalue weighted by Gasteiger charge is -2.08. The average Bonchev–Trinajstić information content (AvgIpc) is 2.73. The van der Waals surface area contributed by atoms with Crippen molar-refractivity contribution in [2.45, 2.75) is 13.2 Å². The molecule has 2 aromatic rings. The van der Waals surface area contributed by atoms with Gasteiger partial charge in [-0.3, -0.25) is 0 Å². The highest BCUT2D eigenvalue weighted by atomic mass is 19.3. The Kier molecular flexibility index (Phi) is 3.25. The Morgan fingerprint density at radius 1 is 1.10 bits per heavy atom. The first-order valence-electron chi connectivity index (χ1n) is 6.43. The van der Waals surface area contributed by atoms with Crippen LogP contribution in [0, 0.1) is 0 Å². The summed E-state index contributed by atoms with van der Waals surface area (Å²) in [5.41, 5.74) is 0.580. The molecule has 3 rings (SSSR count). The molecule has 0 amide bonds. The fourth-order valence-electron chi connectivity index (χ4n) is 1.96. The van der Waals surface area contributed by atoms with Gasteiger partial charge in [0.15, 0.2) is 11.5 Å². The van der Waals surface area contributed by atoms with Gasteiger partial charge in [-0.25, -0.2) is 4.98 Å². The lowest BCUT2D eigenvalue weighted by atomic mass is 10.2. The van der Waals surface area contributed by atoms with Crippen LogP contribution < -0.4 is 20.1 Å². The Labute approximate surface area is 119 Å². The van der Waals surface area contributed by atoms with Gasteiger partial charge in [0.1, 0.15) is 11.6 Å². The zero-order valence-electron chi connectivity index (χ0n) is 11.2. The Balaban J connectivity index is 1.79. The number of aromatic nitrogens is 1. The van der Waals surface area contributed by atoms with E-state index in [0.29, 0.717) is 11.5 Å². The molecule has 1 aromatic carbocycles. The van der Waals surface area contributed by atoms with Crippen LogP contribution in [-0.4, -0.2) is 17.8 Å². The van der Waals surface area contributed by atoms with E-state index < -0.39 is 6.29 Å². The van der Waals surface area contributed by atoms with Crippen LogP contribution in [0.2, 0.25) is 0 Å². The molecule has 0 fully saturated rings. The lowest BCUT2D eigenvalue weighted by Crippen LogP contribution is -2.25. The fraction of sp³-hybridized carbons (Fsp3) is 0.214. The van der Waals surface area contributed by atoms with Crippen LogP contribution in [0.4, 0.5) is 26.1 Å². The maximum atomic E-state index is 12.9. The van der Waals surface area contributed by atoms with Crippen molar-refractivity contribution in [2.24, 2.45) is 0 Å². The fourth-order valence-corrected chi connectivity index (χ4v) is 1.96. The Bertz CT molecular complexity index is 664. The highest BCUT2D eigenvalue weighted by Gasteiger charge is 2.43. The average molecular weight is 293 g/mol. The number of hydrogen-bond donors (Lipinski definition) is 2. The molecule has 2 heterocycles. The SMILES string of the molecule is CCNc1cccc(Nc2ccc3c(c2)OC(F)(F)O3)n1. The van der Waals surface area contributed by atoms with Crippen molar-refractivity contribution in [1.82, 2.24) is 4.98 Å². The molecule has 7 heteroatoms. The largest absolute Gasteiger partial charge is 0.586 e. The summed E-state index contributed by atoms with van der Waals surface area (Å²) in [6, 6.07) is 9.94. The second-order valence-corrected chi connectivity index (χ2v) is 4.39. The number of hydrogen-bond acceptors (Lipinski definition) is 5. The molecule has 1 aliphatic heterocycles. The molecule has 1 aromatic heterocycles. The van der Waals surface area contributed by atoms with Crippen LogP contribution in [0.25, 0.3) is 0 Å². The maximum absolute atomic E-state index is 12.9. The first kappa shape index (κ1) is 13.4. The monoisotopic (exact) mass is 293 g/mol. The molecule has 0 bridgehead atoms. The van der Waals surface area contributed by atoms with Gasteiger partial charge >= 0.3 is 6.29 Å². The third-order valence-corrected chi connectivity index (χ3v) is 2.78. The molecule has 0 spiro atoms. The maximum Gasteiger partial charge on any atom is 0.586 e. The number of nitrogens with one attached hydrogen (secondary N) is 2. The molecule has 5 nitrogen and oxygen atoms in total. The molecule has 0 saturated carbocycles. The molecular formula is C14H13F2N3O2. The number of halogens is 2. The molecule has 0 aliphatic carbocycles. The number of nitrogens with zero attached hydrogens (tertiary/aromatic N) is 1. The summed E-state index contributed by atoms with van der Waals surface area (Å²) in [5.74, 6) is 1.33. The molecule has 0 radical (unpaired) electrons. The van der Waals surface area contributed by atoms with E-state index in [2.05, 4.69) is 25.1 Å². The quantitative estimate of drug-likeness (QED) is 0.902. The summed E-state index contributed by atoms with van der Waals surface area (Å²) in [4.78, 5) is 4.34. The standard InChI is InChI=1S/C14H13F2N3O2/c1-2-17-12-4-3-5-13(19-12)18-9-6-7-10-11(8-9)21-14(15,16)20-10/h3-8H,2H2,1H3,(H2,17,18,19). The van der Waals surface area contributed by atoms with E-state index in [4.69, 9.17) is 0 Å². The third kappa shape index (κ3) is 2.96. The van der Waals surface area contributed by atoms with E-state index in [1.54, 1.807) is 12.1 Å². The summed E-state index contributed by atoms with van der Waals surface area (Å²) >= 11 is 0. The Morgan fingerprint density at radius 3 is 2.67 bits per heavy atom. The normalized spacial score (nSPS) is 14.8. The lowest BCUT2D eigenvalue weighted by molar-refractivity contribution is -0.286. The predicted octanol–water partition coefficient (Wildman–Crippen LogP) is 3.58. The zero-order chi connectivity index (χ0) is 14.9. The highest BCUT2D eigenvalue weighted by molar-refractivity contribution is 5.63. The number of ether oxygens (including phenoxy) is 2. The second kappa shape index (κ2) is 5.08. The molecule has 0 saturated heterocycles. The Hall–Kier alpha value is -2.57. The molecule has 0 unspecified atom stereocenters. The summed E-state index contributed by atoms with van der Waals surface area (Å²) < 4.78 is 34.6. The van der Waals surface area contributed by atoms with Gasteiger partial charge in [0.05, 0.1) is 0 Å². The van der Waals surface area contributed by atoms with E-state index in [1.165, 1.54) is 12.1 Å². The first-order chi connectivity index (χ1) is 10.1. The Morgan fingerprint density at radius 2 is 1.86 bits per heavy atom. The molecule has 21 heavy (non-hydrogen) atoms. The summed E-state index contributed by atoms with van der Waals surface area (Å²) in [5, 5.41) is 6.12. The number of pyridine rings is 1. The van der Waals surface area contributed by atoms with Crippen LogP contribution in [0.5, 0.6) is 11.5 Å². The van der Waals surface area contributed by atoms with Crippen molar-refractivity contribution < 1.29 is 18.3 Å². The minimum absolute atomic E-state index is 0.00663. The van der Waals surface area contributed by atoms with E-state index >= 15 is 0 Å². The van der Waals surface area contributed by atoms with E-state index in [1.807, 2.05) is 19.1 Å². The third-order valence-electron chi connectivity index (χ3n) is 2.78. The van der Waals surface area contributed by atoms with Crippen LogP contribution in [0.3, 0.4) is 0 Å². The zero-order valence-corrected chi connectivity index (χ0v) is 11.2. The first-order valence-corrected chi connectivity index (χ1v) is 6.43. The van der Waals surface area contributed by atoms with E-state index in [-0.39, 0.29) is 11.5 Å². The highest BCUT2D eigenvalue weighted by Crippen LogP contribution is 2.42. The summed E-state index contributed by atoms with van der Waals surface area (Å²) in [6.45, 7) is 2.73. The van der Waals surface area contributed by atoms with Crippen LogP contribution >= 0.6 is 0 Å².